The molecule has 3 rings (SSSR count). The van der Waals surface area contributed by atoms with Gasteiger partial charge in [0.1, 0.15) is 11.4 Å². The number of thiophene rings is 1. The quantitative estimate of drug-likeness (QED) is 0.385. The molecular formula is C16H9ClF3N3O4S. The molecule has 28 heavy (non-hydrogen) atoms. The number of aromatic amines is 1. The maximum absolute atomic E-state index is 14.3. The zero-order valence-corrected chi connectivity index (χ0v) is 15.2. The lowest BCUT2D eigenvalue weighted by Crippen LogP contribution is -2.17. The Hall–Kier alpha value is -2.92. The molecule has 12 heteroatoms. The van der Waals surface area contributed by atoms with Crippen LogP contribution in [0.4, 0.5) is 23.9 Å². The summed E-state index contributed by atoms with van der Waals surface area (Å²) < 4.78 is 41.5. The molecule has 0 saturated carbocycles. The summed E-state index contributed by atoms with van der Waals surface area (Å²) in [7, 11) is 0. The summed E-state index contributed by atoms with van der Waals surface area (Å²) in [6.07, 6.45) is 0. The zero-order chi connectivity index (χ0) is 20.6. The van der Waals surface area contributed by atoms with Gasteiger partial charge in [-0.2, -0.15) is 8.78 Å². The number of nitro groups is 2. The first-order valence-corrected chi connectivity index (χ1v) is 8.70. The smallest absolute Gasteiger partial charge is 0.324 e. The largest absolute Gasteiger partial charge is 0.347 e. The summed E-state index contributed by atoms with van der Waals surface area (Å²) in [5.41, 5.74) is -2.46. The molecule has 0 aliphatic carbocycles. The maximum Gasteiger partial charge on any atom is 0.324 e. The third kappa shape index (κ3) is 3.45. The number of nitrogens with zero attached hydrogens (tertiary/aromatic N) is 2. The maximum atomic E-state index is 14.3. The average Bonchev–Trinajstić information content (AvgIpc) is 3.27. The second-order valence-corrected chi connectivity index (χ2v) is 7.09. The number of benzene rings is 1. The molecule has 1 N–H and O–H groups in total. The van der Waals surface area contributed by atoms with Gasteiger partial charge < -0.3 is 4.98 Å². The highest BCUT2D eigenvalue weighted by Crippen LogP contribution is 2.49. The predicted molar refractivity (Wildman–Crippen MR) is 97.7 cm³/mol. The van der Waals surface area contributed by atoms with Crippen molar-refractivity contribution in [2.24, 2.45) is 0 Å². The van der Waals surface area contributed by atoms with Crippen molar-refractivity contribution < 1.29 is 23.0 Å². The van der Waals surface area contributed by atoms with Gasteiger partial charge in [0, 0.05) is 16.7 Å². The van der Waals surface area contributed by atoms with Gasteiger partial charge in [-0.15, -0.1) is 0 Å². The van der Waals surface area contributed by atoms with Crippen LogP contribution < -0.4 is 0 Å². The predicted octanol–water partition coefficient (Wildman–Crippen LogP) is 5.94. The van der Waals surface area contributed by atoms with Crippen molar-refractivity contribution in [3.63, 3.8) is 0 Å². The summed E-state index contributed by atoms with van der Waals surface area (Å²) in [6.45, 7) is -2.11. The normalized spacial score (nSPS) is 11.6. The van der Waals surface area contributed by atoms with E-state index in [9.17, 15) is 33.4 Å². The molecular weight excluding hydrogens is 423 g/mol. The fraction of sp³-hybridized carbons (Fsp3) is 0.125. The number of nitrogens with one attached hydrogen (secondary N) is 1. The number of halogens is 4. The molecule has 146 valence electrons. The zero-order valence-electron chi connectivity index (χ0n) is 13.6. The Morgan fingerprint density at radius 1 is 1.07 bits per heavy atom. The summed E-state index contributed by atoms with van der Waals surface area (Å²) in [4.78, 5) is 23.1. The van der Waals surface area contributed by atoms with E-state index in [2.05, 4.69) is 4.98 Å². The third-order valence-corrected chi connectivity index (χ3v) is 5.15. The van der Waals surface area contributed by atoms with Crippen LogP contribution in [-0.2, 0) is 5.92 Å². The summed E-state index contributed by atoms with van der Waals surface area (Å²) in [5.74, 6) is -4.07. The Morgan fingerprint density at radius 2 is 1.71 bits per heavy atom. The summed E-state index contributed by atoms with van der Waals surface area (Å²) in [5, 5.41) is 22.6. The van der Waals surface area contributed by atoms with Crippen LogP contribution in [0.15, 0.2) is 36.4 Å². The Bertz CT molecular complexity index is 1070. The first kappa shape index (κ1) is 19.8. The minimum Gasteiger partial charge on any atom is -0.347 e. The van der Waals surface area contributed by atoms with Gasteiger partial charge in [-0.05, 0) is 18.2 Å². The van der Waals surface area contributed by atoms with E-state index in [0.717, 1.165) is 12.1 Å². The summed E-state index contributed by atoms with van der Waals surface area (Å²) >= 11 is 6.26. The molecule has 0 amide bonds. The highest BCUT2D eigenvalue weighted by atomic mass is 35.5. The van der Waals surface area contributed by atoms with E-state index < -0.39 is 44.4 Å². The van der Waals surface area contributed by atoms with Crippen LogP contribution in [0.3, 0.4) is 0 Å². The molecule has 0 atom stereocenters. The lowest BCUT2D eigenvalue weighted by molar-refractivity contribution is -0.383. The molecule has 0 radical (unpaired) electrons. The highest BCUT2D eigenvalue weighted by molar-refractivity contribution is 7.18. The van der Waals surface area contributed by atoms with Crippen molar-refractivity contribution in [1.29, 1.82) is 0 Å². The molecule has 0 aliphatic rings. The molecule has 1 aromatic carbocycles. The number of hydrogen-bond donors (Lipinski definition) is 1. The molecule has 0 fully saturated rings. The average molecular weight is 432 g/mol. The van der Waals surface area contributed by atoms with Gasteiger partial charge in [-0.25, -0.2) is 4.39 Å². The minimum absolute atomic E-state index is 0.155. The molecule has 0 spiro atoms. The molecule has 7 nitrogen and oxygen atoms in total. The number of aromatic nitrogens is 1. The van der Waals surface area contributed by atoms with Crippen molar-refractivity contribution in [3.05, 3.63) is 67.3 Å². The number of hydrogen-bond acceptors (Lipinski definition) is 5. The van der Waals surface area contributed by atoms with Crippen LogP contribution in [0, 0.1) is 20.2 Å². The van der Waals surface area contributed by atoms with Crippen molar-refractivity contribution in [2.45, 2.75) is 5.92 Å². The molecule has 2 aromatic heterocycles. The van der Waals surface area contributed by atoms with Crippen LogP contribution >= 0.6 is 22.9 Å². The standard InChI is InChI=1S/C16H9ClF3N3O4S/c17-9-3-1-8(2-4-9)13-14(23(26)27)12(15(21-13)16(19,20)7-18)10-5-6-11(28-10)22(24)25/h1-6,21H,7H2. The van der Waals surface area contributed by atoms with Crippen LogP contribution in [0.1, 0.15) is 5.69 Å². The number of rotatable bonds is 6. The van der Waals surface area contributed by atoms with E-state index in [-0.39, 0.29) is 16.1 Å². The van der Waals surface area contributed by atoms with Crippen LogP contribution in [0.25, 0.3) is 21.7 Å². The van der Waals surface area contributed by atoms with E-state index in [0.29, 0.717) is 16.4 Å². The molecule has 0 bridgehead atoms. The lowest BCUT2D eigenvalue weighted by atomic mass is 10.1. The van der Waals surface area contributed by atoms with Crippen molar-refractivity contribution in [2.75, 3.05) is 6.67 Å². The SMILES string of the molecule is O=[N+]([O-])c1ccc(-c2c(C(F)(F)CF)[nH]c(-c3ccc(Cl)cc3)c2[N+](=O)[O-])s1. The highest BCUT2D eigenvalue weighted by Gasteiger charge is 2.43. The third-order valence-electron chi connectivity index (χ3n) is 3.84. The van der Waals surface area contributed by atoms with E-state index in [1.165, 1.54) is 24.3 Å². The lowest BCUT2D eigenvalue weighted by Gasteiger charge is -2.11. The van der Waals surface area contributed by atoms with Crippen LogP contribution in [0.5, 0.6) is 0 Å². The molecule has 3 aromatic rings. The number of H-pyrrole nitrogens is 1. The van der Waals surface area contributed by atoms with Crippen molar-refractivity contribution >= 4 is 33.6 Å². The van der Waals surface area contributed by atoms with E-state index in [1.54, 1.807) is 0 Å². The van der Waals surface area contributed by atoms with Crippen molar-refractivity contribution in [1.82, 2.24) is 4.98 Å². The van der Waals surface area contributed by atoms with Gasteiger partial charge in [0.2, 0.25) is 0 Å². The Labute approximate surface area is 163 Å². The topological polar surface area (TPSA) is 102 Å². The van der Waals surface area contributed by atoms with Crippen LogP contribution in [-0.4, -0.2) is 21.5 Å². The van der Waals surface area contributed by atoms with Gasteiger partial charge in [-0.1, -0.05) is 35.1 Å². The van der Waals surface area contributed by atoms with Gasteiger partial charge in [-0.3, -0.25) is 20.2 Å². The first-order chi connectivity index (χ1) is 13.2. The van der Waals surface area contributed by atoms with Gasteiger partial charge >= 0.3 is 16.6 Å². The monoisotopic (exact) mass is 431 g/mol. The van der Waals surface area contributed by atoms with E-state index >= 15 is 0 Å². The molecule has 0 saturated heterocycles. The molecule has 2 heterocycles. The Morgan fingerprint density at radius 3 is 2.21 bits per heavy atom. The van der Waals surface area contributed by atoms with E-state index in [4.69, 9.17) is 11.6 Å². The Balaban J connectivity index is 2.35. The van der Waals surface area contributed by atoms with Gasteiger partial charge in [0.05, 0.1) is 20.3 Å². The number of alkyl halides is 3. The van der Waals surface area contributed by atoms with Gasteiger partial charge in [0.15, 0.2) is 6.67 Å². The van der Waals surface area contributed by atoms with Crippen molar-refractivity contribution in [3.8, 4) is 21.7 Å². The molecule has 0 unspecified atom stereocenters. The molecule has 0 aliphatic heterocycles. The summed E-state index contributed by atoms with van der Waals surface area (Å²) in [6, 6.07) is 7.71. The minimum atomic E-state index is -4.07. The van der Waals surface area contributed by atoms with Crippen LogP contribution in [0.2, 0.25) is 5.02 Å². The Kier molecular flexibility index (Phi) is 5.13. The second kappa shape index (κ2) is 7.24. The fourth-order valence-corrected chi connectivity index (χ4v) is 3.64. The van der Waals surface area contributed by atoms with E-state index in [1.807, 2.05) is 0 Å². The van der Waals surface area contributed by atoms with Gasteiger partial charge in [0.25, 0.3) is 0 Å². The first-order valence-electron chi connectivity index (χ1n) is 7.51. The second-order valence-electron chi connectivity index (χ2n) is 5.60. The fourth-order valence-electron chi connectivity index (χ4n) is 2.64.